The van der Waals surface area contributed by atoms with Crippen LogP contribution < -0.4 is 11.1 Å². The number of nitrogens with two attached hydrogens (primary N) is 1. The van der Waals surface area contributed by atoms with E-state index in [-0.39, 0.29) is 11.6 Å². The van der Waals surface area contributed by atoms with Crippen LogP contribution in [0.15, 0.2) is 36.4 Å². The zero-order chi connectivity index (χ0) is 14.0. The number of hydrogen-bond donors (Lipinski definition) is 2. The molecule has 0 aromatic heterocycles. The summed E-state index contributed by atoms with van der Waals surface area (Å²) in [6, 6.07) is 9.74. The monoisotopic (exact) mass is 258 g/mol. The van der Waals surface area contributed by atoms with Crippen molar-refractivity contribution in [1.29, 1.82) is 0 Å². The number of benzene rings is 2. The fourth-order valence-electron chi connectivity index (χ4n) is 1.87. The van der Waals surface area contributed by atoms with E-state index in [1.54, 1.807) is 44.2 Å². The summed E-state index contributed by atoms with van der Waals surface area (Å²) in [4.78, 5) is 12.2. The SMILES string of the molecule is Cc1cccc(F)c1NC(=O)c1cccc(N)c1C. The van der Waals surface area contributed by atoms with Crippen LogP contribution in [0.5, 0.6) is 0 Å². The van der Waals surface area contributed by atoms with Crippen molar-refractivity contribution in [1.82, 2.24) is 0 Å². The molecule has 0 radical (unpaired) electrons. The summed E-state index contributed by atoms with van der Waals surface area (Å²) in [5, 5.41) is 2.59. The molecule has 2 rings (SSSR count). The van der Waals surface area contributed by atoms with Crippen LogP contribution in [0.1, 0.15) is 21.5 Å². The van der Waals surface area contributed by atoms with Crippen molar-refractivity contribution in [2.24, 2.45) is 0 Å². The van der Waals surface area contributed by atoms with Crippen molar-refractivity contribution < 1.29 is 9.18 Å². The van der Waals surface area contributed by atoms with E-state index in [1.807, 2.05) is 0 Å². The van der Waals surface area contributed by atoms with Crippen molar-refractivity contribution in [3.63, 3.8) is 0 Å². The molecule has 0 aliphatic carbocycles. The number of aryl methyl sites for hydroxylation is 1. The second kappa shape index (κ2) is 5.10. The molecule has 0 atom stereocenters. The van der Waals surface area contributed by atoms with Gasteiger partial charge < -0.3 is 11.1 Å². The molecule has 0 heterocycles. The zero-order valence-corrected chi connectivity index (χ0v) is 10.8. The zero-order valence-electron chi connectivity index (χ0n) is 10.8. The maximum absolute atomic E-state index is 13.7. The van der Waals surface area contributed by atoms with Gasteiger partial charge in [-0.2, -0.15) is 0 Å². The summed E-state index contributed by atoms with van der Waals surface area (Å²) in [6.45, 7) is 3.50. The third-order valence-electron chi connectivity index (χ3n) is 3.08. The first-order valence-electron chi connectivity index (χ1n) is 5.92. The summed E-state index contributed by atoms with van der Waals surface area (Å²) < 4.78 is 13.7. The van der Waals surface area contributed by atoms with Gasteiger partial charge in [-0.1, -0.05) is 18.2 Å². The molecule has 0 unspecified atom stereocenters. The maximum atomic E-state index is 13.7. The Morgan fingerprint density at radius 1 is 1.16 bits per heavy atom. The number of carbonyl (C=O) groups is 1. The summed E-state index contributed by atoms with van der Waals surface area (Å²) in [5.41, 5.74) is 8.31. The molecule has 0 fully saturated rings. The maximum Gasteiger partial charge on any atom is 0.256 e. The van der Waals surface area contributed by atoms with Crippen molar-refractivity contribution in [2.45, 2.75) is 13.8 Å². The van der Waals surface area contributed by atoms with Gasteiger partial charge in [0.2, 0.25) is 0 Å². The van der Waals surface area contributed by atoms with Crippen LogP contribution in [0.4, 0.5) is 15.8 Å². The highest BCUT2D eigenvalue weighted by Crippen LogP contribution is 2.21. The number of amides is 1. The molecule has 1 amide bonds. The Kier molecular flexibility index (Phi) is 3.51. The Hall–Kier alpha value is -2.36. The fourth-order valence-corrected chi connectivity index (χ4v) is 1.87. The molecule has 3 nitrogen and oxygen atoms in total. The van der Waals surface area contributed by atoms with E-state index in [4.69, 9.17) is 5.73 Å². The van der Waals surface area contributed by atoms with E-state index in [1.165, 1.54) is 6.07 Å². The van der Waals surface area contributed by atoms with Crippen molar-refractivity contribution in [3.05, 3.63) is 58.9 Å². The molecule has 3 N–H and O–H groups in total. The second-order valence-electron chi connectivity index (χ2n) is 4.41. The minimum absolute atomic E-state index is 0.203. The van der Waals surface area contributed by atoms with Crippen molar-refractivity contribution in [3.8, 4) is 0 Å². The van der Waals surface area contributed by atoms with E-state index in [0.717, 1.165) is 0 Å². The molecule has 0 saturated heterocycles. The van der Waals surface area contributed by atoms with Gasteiger partial charge in [-0.25, -0.2) is 4.39 Å². The van der Waals surface area contributed by atoms with Gasteiger partial charge in [0.1, 0.15) is 5.82 Å². The quantitative estimate of drug-likeness (QED) is 0.812. The van der Waals surface area contributed by atoms with E-state index < -0.39 is 5.82 Å². The lowest BCUT2D eigenvalue weighted by molar-refractivity contribution is 0.102. The van der Waals surface area contributed by atoms with Crippen molar-refractivity contribution >= 4 is 17.3 Å². The normalized spacial score (nSPS) is 10.3. The highest BCUT2D eigenvalue weighted by Gasteiger charge is 2.14. The van der Waals surface area contributed by atoms with Crippen molar-refractivity contribution in [2.75, 3.05) is 11.1 Å². The van der Waals surface area contributed by atoms with Gasteiger partial charge in [-0.15, -0.1) is 0 Å². The average Bonchev–Trinajstić information content (AvgIpc) is 2.37. The molecule has 0 bridgehead atoms. The molecular formula is C15H15FN2O. The first-order valence-corrected chi connectivity index (χ1v) is 5.92. The minimum atomic E-state index is -0.449. The van der Waals surface area contributed by atoms with Gasteiger partial charge in [0.25, 0.3) is 5.91 Å². The van der Waals surface area contributed by atoms with Gasteiger partial charge in [0.15, 0.2) is 0 Å². The lowest BCUT2D eigenvalue weighted by Crippen LogP contribution is -2.15. The van der Waals surface area contributed by atoms with Crippen LogP contribution in [0.3, 0.4) is 0 Å². The first kappa shape index (κ1) is 13.1. The largest absolute Gasteiger partial charge is 0.398 e. The molecule has 2 aromatic carbocycles. The first-order chi connectivity index (χ1) is 9.00. The Balaban J connectivity index is 2.34. The summed E-state index contributed by atoms with van der Waals surface area (Å²) in [7, 11) is 0. The van der Waals surface area contributed by atoms with E-state index in [9.17, 15) is 9.18 Å². The standard InChI is InChI=1S/C15H15FN2O/c1-9-5-3-7-12(16)14(9)18-15(19)11-6-4-8-13(17)10(11)2/h3-8H,17H2,1-2H3,(H,18,19). The average molecular weight is 258 g/mol. The number of rotatable bonds is 2. The van der Waals surface area contributed by atoms with Crippen LogP contribution in [0, 0.1) is 19.7 Å². The topological polar surface area (TPSA) is 55.1 Å². The fraction of sp³-hybridized carbons (Fsp3) is 0.133. The van der Waals surface area contributed by atoms with E-state index in [0.29, 0.717) is 22.4 Å². The number of carbonyl (C=O) groups excluding carboxylic acids is 1. The number of nitrogen functional groups attached to an aromatic ring is 1. The summed E-state index contributed by atoms with van der Waals surface area (Å²) >= 11 is 0. The summed E-state index contributed by atoms with van der Waals surface area (Å²) in [5.74, 6) is -0.812. The third-order valence-corrected chi connectivity index (χ3v) is 3.08. The molecule has 0 saturated carbocycles. The number of hydrogen-bond acceptors (Lipinski definition) is 2. The highest BCUT2D eigenvalue weighted by atomic mass is 19.1. The number of nitrogens with one attached hydrogen (secondary N) is 1. The van der Waals surface area contributed by atoms with Gasteiger partial charge >= 0.3 is 0 Å². The molecule has 19 heavy (non-hydrogen) atoms. The molecular weight excluding hydrogens is 243 g/mol. The highest BCUT2D eigenvalue weighted by molar-refractivity contribution is 6.06. The Morgan fingerprint density at radius 3 is 2.53 bits per heavy atom. The molecule has 98 valence electrons. The molecule has 0 spiro atoms. The van der Waals surface area contributed by atoms with Crippen LogP contribution in [0.25, 0.3) is 0 Å². The Morgan fingerprint density at radius 2 is 1.84 bits per heavy atom. The smallest absolute Gasteiger partial charge is 0.256 e. The van der Waals surface area contributed by atoms with Crippen LogP contribution in [-0.4, -0.2) is 5.91 Å². The molecule has 2 aromatic rings. The number of anilines is 2. The van der Waals surface area contributed by atoms with Crippen LogP contribution in [0.2, 0.25) is 0 Å². The molecule has 0 aliphatic rings. The van der Waals surface area contributed by atoms with Gasteiger partial charge in [0.05, 0.1) is 5.69 Å². The third kappa shape index (κ3) is 2.57. The lowest BCUT2D eigenvalue weighted by atomic mass is 10.1. The predicted molar refractivity (Wildman–Crippen MR) is 74.7 cm³/mol. The summed E-state index contributed by atoms with van der Waals surface area (Å²) in [6.07, 6.45) is 0. The molecule has 0 aliphatic heterocycles. The van der Waals surface area contributed by atoms with E-state index >= 15 is 0 Å². The van der Waals surface area contributed by atoms with Crippen LogP contribution in [-0.2, 0) is 0 Å². The lowest BCUT2D eigenvalue weighted by Gasteiger charge is -2.11. The molecule has 4 heteroatoms. The number of halogens is 1. The van der Waals surface area contributed by atoms with Crippen LogP contribution >= 0.6 is 0 Å². The van der Waals surface area contributed by atoms with Gasteiger partial charge in [-0.05, 0) is 43.2 Å². The van der Waals surface area contributed by atoms with Gasteiger partial charge in [0, 0.05) is 11.3 Å². The second-order valence-corrected chi connectivity index (χ2v) is 4.41. The Labute approximate surface area is 111 Å². The number of para-hydroxylation sites is 1. The predicted octanol–water partition coefficient (Wildman–Crippen LogP) is 3.28. The van der Waals surface area contributed by atoms with E-state index in [2.05, 4.69) is 5.32 Å². The van der Waals surface area contributed by atoms with Gasteiger partial charge in [-0.3, -0.25) is 4.79 Å². The Bertz CT molecular complexity index is 618. The minimum Gasteiger partial charge on any atom is -0.398 e.